The minimum atomic E-state index is -4.47. The number of benzene rings is 1. The maximum absolute atomic E-state index is 13.5. The van der Waals surface area contributed by atoms with Crippen LogP contribution in [0.5, 0.6) is 0 Å². The second-order valence-corrected chi connectivity index (χ2v) is 7.33. The number of hydrogen-bond acceptors (Lipinski definition) is 6. The number of hydrogen-bond donors (Lipinski definition) is 1. The monoisotopic (exact) mass is 446 g/mol. The molecule has 8 nitrogen and oxygen atoms in total. The highest BCUT2D eigenvalue weighted by Crippen LogP contribution is 2.30. The van der Waals surface area contributed by atoms with Crippen molar-refractivity contribution >= 4 is 11.7 Å². The summed E-state index contributed by atoms with van der Waals surface area (Å²) in [5, 5.41) is 11.1. The van der Waals surface area contributed by atoms with Gasteiger partial charge in [-0.25, -0.2) is 4.98 Å². The molecule has 4 rings (SSSR count). The smallest absolute Gasteiger partial charge is 0.366 e. The number of alkyl halides is 3. The number of anilines is 1. The van der Waals surface area contributed by atoms with Crippen molar-refractivity contribution in [1.82, 2.24) is 24.9 Å². The number of aromatic nitrogens is 4. The van der Waals surface area contributed by atoms with Crippen LogP contribution in [0.4, 0.5) is 19.0 Å². The number of aryl methyl sites for hydroxylation is 1. The SMILES string of the molecule is Cc1ccc(-n2nccn2)c(C(=O)N2CCCOC2CNc2cc(C(F)(F)F)ccn2)c1. The number of amides is 1. The molecule has 1 aliphatic heterocycles. The van der Waals surface area contributed by atoms with Gasteiger partial charge < -0.3 is 15.0 Å². The molecule has 0 bridgehead atoms. The second-order valence-electron chi connectivity index (χ2n) is 7.33. The van der Waals surface area contributed by atoms with Crippen LogP contribution in [0.2, 0.25) is 0 Å². The number of ether oxygens (including phenoxy) is 1. The lowest BCUT2D eigenvalue weighted by molar-refractivity contribution is -0.137. The Hall–Kier alpha value is -3.47. The van der Waals surface area contributed by atoms with E-state index in [4.69, 9.17) is 4.74 Å². The molecule has 0 spiro atoms. The molecule has 0 radical (unpaired) electrons. The van der Waals surface area contributed by atoms with E-state index in [1.54, 1.807) is 17.0 Å². The van der Waals surface area contributed by atoms with E-state index in [0.29, 0.717) is 30.8 Å². The molecule has 1 amide bonds. The Morgan fingerprint density at radius 2 is 1.97 bits per heavy atom. The zero-order chi connectivity index (χ0) is 22.7. The zero-order valence-corrected chi connectivity index (χ0v) is 17.2. The number of carbonyl (C=O) groups is 1. The fourth-order valence-corrected chi connectivity index (χ4v) is 3.48. The number of carbonyl (C=O) groups excluding carboxylic acids is 1. The van der Waals surface area contributed by atoms with E-state index in [9.17, 15) is 18.0 Å². The lowest BCUT2D eigenvalue weighted by Gasteiger charge is -2.36. The quantitative estimate of drug-likeness (QED) is 0.648. The summed E-state index contributed by atoms with van der Waals surface area (Å²) >= 11 is 0. The highest BCUT2D eigenvalue weighted by molar-refractivity contribution is 5.98. The van der Waals surface area contributed by atoms with E-state index in [0.717, 1.165) is 23.9 Å². The summed E-state index contributed by atoms with van der Waals surface area (Å²) < 4.78 is 44.6. The first-order valence-electron chi connectivity index (χ1n) is 10.00. The topological polar surface area (TPSA) is 85.2 Å². The van der Waals surface area contributed by atoms with Crippen LogP contribution in [-0.2, 0) is 10.9 Å². The predicted octanol–water partition coefficient (Wildman–Crippen LogP) is 3.29. The van der Waals surface area contributed by atoms with Gasteiger partial charge in [0.15, 0.2) is 0 Å². The van der Waals surface area contributed by atoms with Gasteiger partial charge in [0.05, 0.1) is 42.4 Å². The summed E-state index contributed by atoms with van der Waals surface area (Å²) in [5.74, 6) is -0.220. The molecule has 3 heterocycles. The first-order valence-corrected chi connectivity index (χ1v) is 10.00. The van der Waals surface area contributed by atoms with Gasteiger partial charge >= 0.3 is 6.18 Å². The van der Waals surface area contributed by atoms with Crippen LogP contribution in [-0.4, -0.2) is 56.7 Å². The molecule has 1 N–H and O–H groups in total. The molecule has 32 heavy (non-hydrogen) atoms. The van der Waals surface area contributed by atoms with Crippen molar-refractivity contribution in [2.75, 3.05) is 25.0 Å². The van der Waals surface area contributed by atoms with Crippen LogP contribution in [0.25, 0.3) is 5.69 Å². The van der Waals surface area contributed by atoms with Crippen LogP contribution < -0.4 is 5.32 Å². The van der Waals surface area contributed by atoms with E-state index in [1.165, 1.54) is 17.2 Å². The van der Waals surface area contributed by atoms with E-state index < -0.39 is 18.0 Å². The van der Waals surface area contributed by atoms with Gasteiger partial charge in [0.1, 0.15) is 12.0 Å². The van der Waals surface area contributed by atoms with Crippen molar-refractivity contribution in [1.29, 1.82) is 0 Å². The first kappa shape index (κ1) is 21.8. The van der Waals surface area contributed by atoms with Gasteiger partial charge in [-0.3, -0.25) is 4.79 Å². The molecule has 1 aromatic carbocycles. The maximum atomic E-state index is 13.5. The van der Waals surface area contributed by atoms with Crippen molar-refractivity contribution in [2.24, 2.45) is 0 Å². The molecule has 1 atom stereocenters. The largest absolute Gasteiger partial charge is 0.416 e. The van der Waals surface area contributed by atoms with Gasteiger partial charge in [0, 0.05) is 12.7 Å². The van der Waals surface area contributed by atoms with Gasteiger partial charge in [0.25, 0.3) is 5.91 Å². The Morgan fingerprint density at radius 1 is 1.19 bits per heavy atom. The summed E-state index contributed by atoms with van der Waals surface area (Å²) in [6.07, 6.45) is -0.367. The highest BCUT2D eigenvalue weighted by atomic mass is 19.4. The van der Waals surface area contributed by atoms with Crippen LogP contribution in [0.1, 0.15) is 27.9 Å². The minimum Gasteiger partial charge on any atom is -0.366 e. The number of nitrogens with zero attached hydrogens (tertiary/aromatic N) is 5. The molecular weight excluding hydrogens is 425 g/mol. The second kappa shape index (κ2) is 8.95. The molecule has 2 aromatic heterocycles. The summed E-state index contributed by atoms with van der Waals surface area (Å²) in [6, 6.07) is 7.22. The molecule has 1 aliphatic rings. The Labute approximate surface area is 182 Å². The predicted molar refractivity (Wildman–Crippen MR) is 109 cm³/mol. The molecule has 1 unspecified atom stereocenters. The van der Waals surface area contributed by atoms with E-state index in [1.807, 2.05) is 13.0 Å². The molecule has 0 aliphatic carbocycles. The Bertz CT molecular complexity index is 1090. The molecule has 3 aromatic rings. The van der Waals surface area contributed by atoms with Crippen molar-refractivity contribution < 1.29 is 22.7 Å². The fourth-order valence-electron chi connectivity index (χ4n) is 3.48. The summed E-state index contributed by atoms with van der Waals surface area (Å²) in [6.45, 7) is 2.85. The van der Waals surface area contributed by atoms with Crippen molar-refractivity contribution in [3.8, 4) is 5.69 Å². The summed E-state index contributed by atoms with van der Waals surface area (Å²) in [5.41, 5.74) is 1.03. The molecular formula is C21H21F3N6O2. The van der Waals surface area contributed by atoms with E-state index in [2.05, 4.69) is 20.5 Å². The average Bonchev–Trinajstić information content (AvgIpc) is 3.32. The van der Waals surface area contributed by atoms with E-state index in [-0.39, 0.29) is 18.3 Å². The van der Waals surface area contributed by atoms with Crippen molar-refractivity contribution in [3.05, 3.63) is 65.6 Å². The summed E-state index contributed by atoms with van der Waals surface area (Å²) in [4.78, 5) is 20.3. The Balaban J connectivity index is 1.55. The first-order chi connectivity index (χ1) is 15.3. The number of rotatable bonds is 5. The normalized spacial score (nSPS) is 16.8. The van der Waals surface area contributed by atoms with Crippen molar-refractivity contribution in [3.63, 3.8) is 0 Å². The third-order valence-electron chi connectivity index (χ3n) is 5.02. The zero-order valence-electron chi connectivity index (χ0n) is 17.2. The standard InChI is InChI=1S/C21H21F3N6O2/c1-14-3-4-17(30-27-7-8-28-30)16(11-14)20(31)29-9-2-10-32-19(29)13-26-18-12-15(5-6-25-18)21(22,23)24/h3-8,11-12,19H,2,9-10,13H2,1H3,(H,25,26). The third kappa shape index (κ3) is 4.72. The number of nitrogens with one attached hydrogen (secondary N) is 1. The number of halogens is 3. The van der Waals surface area contributed by atoms with Crippen LogP contribution in [0, 0.1) is 6.92 Å². The molecule has 1 fully saturated rings. The average molecular weight is 446 g/mol. The maximum Gasteiger partial charge on any atom is 0.416 e. The van der Waals surface area contributed by atoms with Crippen molar-refractivity contribution in [2.45, 2.75) is 25.7 Å². The Morgan fingerprint density at radius 3 is 2.72 bits per heavy atom. The third-order valence-corrected chi connectivity index (χ3v) is 5.02. The molecule has 168 valence electrons. The molecule has 11 heteroatoms. The highest BCUT2D eigenvalue weighted by Gasteiger charge is 2.32. The van der Waals surface area contributed by atoms with Gasteiger partial charge in [-0.1, -0.05) is 11.6 Å². The number of pyridine rings is 1. The van der Waals surface area contributed by atoms with Crippen LogP contribution >= 0.6 is 0 Å². The van der Waals surface area contributed by atoms with Gasteiger partial charge in [-0.15, -0.1) is 0 Å². The summed E-state index contributed by atoms with van der Waals surface area (Å²) in [7, 11) is 0. The molecule has 1 saturated heterocycles. The minimum absolute atomic E-state index is 0.0541. The fraction of sp³-hybridized carbons (Fsp3) is 0.333. The van der Waals surface area contributed by atoms with Crippen LogP contribution in [0.3, 0.4) is 0 Å². The lowest BCUT2D eigenvalue weighted by Crippen LogP contribution is -2.50. The van der Waals surface area contributed by atoms with Gasteiger partial charge in [-0.2, -0.15) is 28.2 Å². The van der Waals surface area contributed by atoms with Gasteiger partial charge in [-0.05, 0) is 37.6 Å². The van der Waals surface area contributed by atoms with Crippen LogP contribution in [0.15, 0.2) is 48.9 Å². The van der Waals surface area contributed by atoms with E-state index >= 15 is 0 Å². The molecule has 0 saturated carbocycles. The lowest BCUT2D eigenvalue weighted by atomic mass is 10.1. The van der Waals surface area contributed by atoms with Gasteiger partial charge in [0.2, 0.25) is 0 Å². The Kier molecular flexibility index (Phi) is 6.08.